The van der Waals surface area contributed by atoms with Crippen molar-refractivity contribution in [2.75, 3.05) is 7.11 Å². The number of fused-ring (bicyclic) bond motifs is 1. The van der Waals surface area contributed by atoms with Gasteiger partial charge in [-0.25, -0.2) is 23.4 Å². The number of aromatic nitrogens is 1. The van der Waals surface area contributed by atoms with Crippen molar-refractivity contribution < 1.29 is 27.8 Å². The lowest BCUT2D eigenvalue weighted by atomic mass is 9.87. The van der Waals surface area contributed by atoms with Crippen LogP contribution in [0.25, 0.3) is 5.57 Å². The van der Waals surface area contributed by atoms with Crippen molar-refractivity contribution in [2.24, 2.45) is 0 Å². The number of benzene rings is 1. The fourth-order valence-electron chi connectivity index (χ4n) is 3.58. The van der Waals surface area contributed by atoms with Crippen molar-refractivity contribution in [3.63, 3.8) is 0 Å². The predicted octanol–water partition coefficient (Wildman–Crippen LogP) is 5.12. The third-order valence-electron chi connectivity index (χ3n) is 4.85. The van der Waals surface area contributed by atoms with Crippen molar-refractivity contribution in [1.82, 2.24) is 10.3 Å². The molecule has 1 aromatic heterocycles. The molecule has 0 unspecified atom stereocenters. The number of carbonyl (C=O) groups excluding carboxylic acids is 2. The molecule has 1 aliphatic rings. The van der Waals surface area contributed by atoms with Crippen molar-refractivity contribution in [3.8, 4) is 0 Å². The first-order valence-electron chi connectivity index (χ1n) is 9.76. The van der Waals surface area contributed by atoms with Crippen LogP contribution in [0.15, 0.2) is 29.8 Å². The van der Waals surface area contributed by atoms with Gasteiger partial charge in [0.25, 0.3) is 0 Å². The van der Waals surface area contributed by atoms with Crippen LogP contribution in [0, 0.1) is 11.6 Å². The summed E-state index contributed by atoms with van der Waals surface area (Å²) < 4.78 is 38.9. The Morgan fingerprint density at radius 2 is 2.03 bits per heavy atom. The average molecular weight is 451 g/mol. The van der Waals surface area contributed by atoms with Gasteiger partial charge in [-0.15, -0.1) is 11.3 Å². The zero-order valence-corrected chi connectivity index (χ0v) is 18.5. The van der Waals surface area contributed by atoms with Gasteiger partial charge < -0.3 is 14.8 Å². The molecular weight excluding hydrogens is 426 g/mol. The summed E-state index contributed by atoms with van der Waals surface area (Å²) >= 11 is 1.26. The van der Waals surface area contributed by atoms with Gasteiger partial charge in [-0.3, -0.25) is 0 Å². The number of ether oxygens (including phenoxy) is 2. The van der Waals surface area contributed by atoms with Crippen molar-refractivity contribution in [3.05, 3.63) is 57.6 Å². The van der Waals surface area contributed by atoms with Gasteiger partial charge >= 0.3 is 12.1 Å². The molecule has 1 N–H and O–H groups in total. The van der Waals surface area contributed by atoms with E-state index in [1.165, 1.54) is 36.7 Å². The number of alkyl carbamates (subject to hydrolysis) is 1. The fourth-order valence-corrected chi connectivity index (χ4v) is 4.52. The van der Waals surface area contributed by atoms with E-state index < -0.39 is 41.3 Å². The van der Waals surface area contributed by atoms with Crippen LogP contribution in [0.3, 0.4) is 0 Å². The summed E-state index contributed by atoms with van der Waals surface area (Å²) in [5.41, 5.74) is 2.12. The number of carbonyl (C=O) groups is 2. The number of allylic oxidation sites excluding steroid dienone is 1. The van der Waals surface area contributed by atoms with Gasteiger partial charge in [0.05, 0.1) is 29.2 Å². The minimum absolute atomic E-state index is 0.139. The van der Waals surface area contributed by atoms with E-state index in [4.69, 9.17) is 9.47 Å². The summed E-state index contributed by atoms with van der Waals surface area (Å²) in [4.78, 5) is 29.5. The van der Waals surface area contributed by atoms with Crippen molar-refractivity contribution in [2.45, 2.75) is 51.2 Å². The van der Waals surface area contributed by atoms with Gasteiger partial charge in [-0.2, -0.15) is 0 Å². The smallest absolute Gasteiger partial charge is 0.408 e. The first-order chi connectivity index (χ1) is 14.6. The molecule has 0 bridgehead atoms. The van der Waals surface area contributed by atoms with Crippen LogP contribution >= 0.6 is 11.3 Å². The van der Waals surface area contributed by atoms with Gasteiger partial charge in [-0.05, 0) is 50.8 Å². The van der Waals surface area contributed by atoms with E-state index in [1.807, 2.05) is 0 Å². The summed E-state index contributed by atoms with van der Waals surface area (Å²) in [7, 11) is 1.27. The molecule has 1 aliphatic carbocycles. The van der Waals surface area contributed by atoms with E-state index in [1.54, 1.807) is 26.3 Å². The van der Waals surface area contributed by atoms with E-state index in [9.17, 15) is 18.4 Å². The second-order valence-electron chi connectivity index (χ2n) is 8.17. The maximum absolute atomic E-state index is 14.7. The Balaban J connectivity index is 2.09. The Bertz CT molecular complexity index is 1010. The zero-order valence-electron chi connectivity index (χ0n) is 17.7. The molecule has 1 amide bonds. The van der Waals surface area contributed by atoms with Crippen LogP contribution in [0.1, 0.15) is 61.7 Å². The van der Waals surface area contributed by atoms with Gasteiger partial charge in [0.15, 0.2) is 11.6 Å². The zero-order chi connectivity index (χ0) is 22.8. The molecule has 0 saturated heterocycles. The van der Waals surface area contributed by atoms with Gasteiger partial charge in [0, 0.05) is 12.0 Å². The first kappa shape index (κ1) is 22.9. The number of rotatable bonds is 3. The number of methoxy groups -OCH3 is 1. The highest BCUT2D eigenvalue weighted by Gasteiger charge is 2.36. The summed E-state index contributed by atoms with van der Waals surface area (Å²) in [6, 6.07) is 3.26. The summed E-state index contributed by atoms with van der Waals surface area (Å²) in [5, 5.41) is 2.82. The Labute approximate surface area is 183 Å². The summed E-state index contributed by atoms with van der Waals surface area (Å²) in [5.74, 6) is -3.07. The van der Waals surface area contributed by atoms with Crippen LogP contribution in [0.4, 0.5) is 13.6 Å². The number of hydrogen-bond acceptors (Lipinski definition) is 6. The molecule has 1 heterocycles. The number of nitrogens with zero attached hydrogens (tertiary/aromatic N) is 1. The van der Waals surface area contributed by atoms with Gasteiger partial charge in [0.2, 0.25) is 0 Å². The number of amides is 1. The van der Waals surface area contributed by atoms with Crippen LogP contribution in [-0.2, 0) is 14.3 Å². The quantitative estimate of drug-likeness (QED) is 0.399. The second kappa shape index (κ2) is 9.13. The highest BCUT2D eigenvalue weighted by Crippen LogP contribution is 2.45. The Kier molecular flexibility index (Phi) is 6.74. The lowest BCUT2D eigenvalue weighted by Gasteiger charge is -2.28. The molecule has 2 atom stereocenters. The SMILES string of the molecule is COC(=O)C=C1CC[C@@H](c2cccc(F)c2F)[C@H](NC(=O)OC(C)(C)C)c2scnc21. The van der Waals surface area contributed by atoms with E-state index >= 15 is 0 Å². The van der Waals surface area contributed by atoms with Crippen LogP contribution in [-0.4, -0.2) is 29.8 Å². The normalized spacial score (nSPS) is 20.0. The lowest BCUT2D eigenvalue weighted by molar-refractivity contribution is -0.134. The predicted molar refractivity (Wildman–Crippen MR) is 113 cm³/mol. The molecule has 166 valence electrons. The molecule has 0 saturated carbocycles. The standard InChI is InChI=1S/C22H24F2N2O4S/c1-22(2,3)30-21(28)26-19-14(13-6-5-7-15(23)17(13)24)9-8-12(10-16(27)29-4)18-20(19)31-11-25-18/h5-7,10-11,14,19H,8-9H2,1-4H3,(H,26,28)/t14-,19-/m0/s1. The van der Waals surface area contributed by atoms with Crippen molar-refractivity contribution >= 4 is 29.0 Å². The molecule has 6 nitrogen and oxygen atoms in total. The molecule has 2 aromatic rings. The van der Waals surface area contributed by atoms with Crippen LogP contribution < -0.4 is 5.32 Å². The molecule has 9 heteroatoms. The Hall–Kier alpha value is -2.81. The highest BCUT2D eigenvalue weighted by atomic mass is 32.1. The largest absolute Gasteiger partial charge is 0.466 e. The number of thiazole rings is 1. The summed E-state index contributed by atoms with van der Waals surface area (Å²) in [6.07, 6.45) is 1.36. The van der Waals surface area contributed by atoms with Crippen LogP contribution in [0.2, 0.25) is 0 Å². The average Bonchev–Trinajstić information content (AvgIpc) is 3.12. The van der Waals surface area contributed by atoms with E-state index in [0.29, 0.717) is 29.0 Å². The highest BCUT2D eigenvalue weighted by molar-refractivity contribution is 7.10. The van der Waals surface area contributed by atoms with E-state index in [2.05, 4.69) is 10.3 Å². The molecule has 0 aliphatic heterocycles. The Morgan fingerprint density at radius 3 is 2.71 bits per heavy atom. The minimum atomic E-state index is -0.965. The summed E-state index contributed by atoms with van der Waals surface area (Å²) in [6.45, 7) is 5.20. The topological polar surface area (TPSA) is 77.5 Å². The van der Waals surface area contributed by atoms with Crippen molar-refractivity contribution in [1.29, 1.82) is 0 Å². The van der Waals surface area contributed by atoms with Gasteiger partial charge in [-0.1, -0.05) is 12.1 Å². The first-order valence-corrected chi connectivity index (χ1v) is 10.6. The number of hydrogen-bond donors (Lipinski definition) is 1. The number of nitrogens with one attached hydrogen (secondary N) is 1. The molecule has 0 fully saturated rings. The minimum Gasteiger partial charge on any atom is -0.466 e. The monoisotopic (exact) mass is 450 g/mol. The van der Waals surface area contributed by atoms with E-state index in [0.717, 1.165) is 6.07 Å². The molecule has 31 heavy (non-hydrogen) atoms. The van der Waals surface area contributed by atoms with Crippen LogP contribution in [0.5, 0.6) is 0 Å². The number of halogens is 2. The molecule has 0 radical (unpaired) electrons. The maximum atomic E-state index is 14.7. The van der Waals surface area contributed by atoms with Gasteiger partial charge in [0.1, 0.15) is 5.60 Å². The third kappa shape index (κ3) is 5.28. The molecule has 0 spiro atoms. The maximum Gasteiger partial charge on any atom is 0.408 e. The Morgan fingerprint density at radius 1 is 1.29 bits per heavy atom. The molecular formula is C22H24F2N2O4S. The number of esters is 1. The second-order valence-corrected chi connectivity index (χ2v) is 9.06. The fraction of sp³-hybridized carbons (Fsp3) is 0.409. The van der Waals surface area contributed by atoms with E-state index in [-0.39, 0.29) is 5.56 Å². The lowest BCUT2D eigenvalue weighted by Crippen LogP contribution is -2.37. The molecule has 1 aromatic carbocycles. The third-order valence-corrected chi connectivity index (χ3v) is 5.77. The molecule has 3 rings (SSSR count).